The number of benzene rings is 2. The van der Waals surface area contributed by atoms with Gasteiger partial charge < -0.3 is 9.15 Å². The Morgan fingerprint density at radius 2 is 1.84 bits per heavy atom. The topological polar surface area (TPSA) is 25.6 Å². The predicted molar refractivity (Wildman–Crippen MR) is 96.2 cm³/mol. The second kappa shape index (κ2) is 5.60. The first kappa shape index (κ1) is 15.0. The molecule has 3 nitrogen and oxygen atoms in total. The van der Waals surface area contributed by atoms with Crippen LogP contribution in [0.5, 0.6) is 5.75 Å². The molecule has 2 bridgehead atoms. The van der Waals surface area contributed by atoms with Crippen LogP contribution >= 0.6 is 0 Å². The average molecular weight is 337 g/mol. The van der Waals surface area contributed by atoms with E-state index in [1.807, 2.05) is 36.4 Å². The van der Waals surface area contributed by atoms with Crippen molar-refractivity contribution in [1.29, 1.82) is 0 Å². The van der Waals surface area contributed by atoms with E-state index < -0.39 is 0 Å². The maximum atomic E-state index is 14.1. The SMILES string of the molecule is CC(F)=C1C2CCN(CC2)C1Oc1ccc2c(c1)oc1ccccc12. The van der Waals surface area contributed by atoms with Gasteiger partial charge >= 0.3 is 0 Å². The summed E-state index contributed by atoms with van der Waals surface area (Å²) in [6, 6.07) is 13.9. The van der Waals surface area contributed by atoms with Crippen LogP contribution in [0.4, 0.5) is 4.39 Å². The Morgan fingerprint density at radius 1 is 1.08 bits per heavy atom. The smallest absolute Gasteiger partial charge is 0.178 e. The van der Waals surface area contributed by atoms with Crippen LogP contribution in [0.3, 0.4) is 0 Å². The van der Waals surface area contributed by atoms with Gasteiger partial charge in [0.2, 0.25) is 0 Å². The zero-order valence-electron chi connectivity index (χ0n) is 14.2. The Morgan fingerprint density at radius 3 is 2.64 bits per heavy atom. The summed E-state index contributed by atoms with van der Waals surface area (Å²) in [5.41, 5.74) is 2.50. The number of furan rings is 1. The van der Waals surface area contributed by atoms with Crippen LogP contribution < -0.4 is 4.74 Å². The van der Waals surface area contributed by atoms with Crippen molar-refractivity contribution in [1.82, 2.24) is 4.90 Å². The number of piperidine rings is 3. The highest BCUT2D eigenvalue weighted by molar-refractivity contribution is 6.05. The van der Waals surface area contributed by atoms with E-state index >= 15 is 0 Å². The number of halogens is 1. The highest BCUT2D eigenvalue weighted by Crippen LogP contribution is 2.40. The van der Waals surface area contributed by atoms with E-state index in [4.69, 9.17) is 9.15 Å². The summed E-state index contributed by atoms with van der Waals surface area (Å²) in [4.78, 5) is 2.24. The molecule has 3 aromatic rings. The van der Waals surface area contributed by atoms with Gasteiger partial charge in [-0.2, -0.15) is 0 Å². The van der Waals surface area contributed by atoms with E-state index in [0.717, 1.165) is 59.2 Å². The fraction of sp³-hybridized carbons (Fsp3) is 0.333. The number of para-hydroxylation sites is 1. The van der Waals surface area contributed by atoms with Crippen LogP contribution in [-0.4, -0.2) is 24.2 Å². The summed E-state index contributed by atoms with van der Waals surface area (Å²) >= 11 is 0. The van der Waals surface area contributed by atoms with E-state index in [9.17, 15) is 4.39 Å². The molecule has 6 rings (SSSR count). The van der Waals surface area contributed by atoms with Crippen LogP contribution in [-0.2, 0) is 0 Å². The van der Waals surface area contributed by atoms with E-state index in [-0.39, 0.29) is 12.1 Å². The van der Waals surface area contributed by atoms with Crippen molar-refractivity contribution in [2.45, 2.75) is 26.0 Å². The van der Waals surface area contributed by atoms with Gasteiger partial charge in [0.15, 0.2) is 6.23 Å². The Labute approximate surface area is 145 Å². The van der Waals surface area contributed by atoms with Crippen molar-refractivity contribution < 1.29 is 13.5 Å². The molecule has 0 saturated carbocycles. The lowest BCUT2D eigenvalue weighted by Gasteiger charge is -2.46. The lowest BCUT2D eigenvalue weighted by Crippen LogP contribution is -2.53. The van der Waals surface area contributed by atoms with E-state index in [1.54, 1.807) is 6.92 Å². The molecule has 0 N–H and O–H groups in total. The third kappa shape index (κ3) is 2.35. The molecule has 128 valence electrons. The molecule has 0 spiro atoms. The first-order chi connectivity index (χ1) is 12.2. The monoisotopic (exact) mass is 337 g/mol. The van der Waals surface area contributed by atoms with Gasteiger partial charge in [0, 0.05) is 35.5 Å². The summed E-state index contributed by atoms with van der Waals surface area (Å²) in [6.07, 6.45) is 1.76. The molecule has 0 amide bonds. The van der Waals surface area contributed by atoms with Crippen molar-refractivity contribution in [3.63, 3.8) is 0 Å². The van der Waals surface area contributed by atoms with Crippen molar-refractivity contribution in [2.24, 2.45) is 5.92 Å². The van der Waals surface area contributed by atoms with E-state index in [1.165, 1.54) is 0 Å². The molecular formula is C21H20FNO2. The molecule has 2 aromatic carbocycles. The van der Waals surface area contributed by atoms with E-state index in [0.29, 0.717) is 5.92 Å². The van der Waals surface area contributed by atoms with Gasteiger partial charge in [-0.25, -0.2) is 4.39 Å². The van der Waals surface area contributed by atoms with Crippen LogP contribution in [0.25, 0.3) is 21.9 Å². The molecule has 3 aliphatic rings. The van der Waals surface area contributed by atoms with Crippen molar-refractivity contribution in [3.8, 4) is 5.75 Å². The second-order valence-electron chi connectivity index (χ2n) is 7.03. The fourth-order valence-corrected chi connectivity index (χ4v) is 4.34. The second-order valence-corrected chi connectivity index (χ2v) is 7.03. The number of hydrogen-bond donors (Lipinski definition) is 0. The Bertz CT molecular complexity index is 978. The molecule has 0 radical (unpaired) electrons. The Kier molecular flexibility index (Phi) is 3.35. The van der Waals surface area contributed by atoms with Crippen LogP contribution in [0.2, 0.25) is 0 Å². The van der Waals surface area contributed by atoms with Gasteiger partial charge in [0.05, 0.1) is 0 Å². The highest BCUT2D eigenvalue weighted by Gasteiger charge is 2.40. The minimum Gasteiger partial charge on any atom is -0.471 e. The summed E-state index contributed by atoms with van der Waals surface area (Å²) in [5.74, 6) is 0.946. The lowest BCUT2D eigenvalue weighted by molar-refractivity contribution is -0.0160. The maximum Gasteiger partial charge on any atom is 0.178 e. The molecule has 4 heterocycles. The first-order valence-electron chi connectivity index (χ1n) is 8.89. The zero-order valence-corrected chi connectivity index (χ0v) is 14.2. The largest absolute Gasteiger partial charge is 0.471 e. The molecule has 0 aliphatic carbocycles. The number of rotatable bonds is 2. The molecule has 3 aliphatic heterocycles. The third-order valence-corrected chi connectivity index (χ3v) is 5.56. The molecule has 25 heavy (non-hydrogen) atoms. The molecule has 1 aromatic heterocycles. The Balaban J connectivity index is 1.53. The zero-order chi connectivity index (χ0) is 17.0. The normalized spacial score (nSPS) is 27.8. The summed E-state index contributed by atoms with van der Waals surface area (Å²) in [7, 11) is 0. The maximum absolute atomic E-state index is 14.1. The standard InChI is InChI=1S/C21H20FNO2/c1-13(22)20-14-8-10-23(11-9-14)21(20)24-15-6-7-17-16-4-2-3-5-18(16)25-19(17)12-15/h2-7,12,14,21H,8-11H2,1H3. The molecule has 3 fully saturated rings. The quantitative estimate of drug-likeness (QED) is 0.638. The first-order valence-corrected chi connectivity index (χ1v) is 8.89. The summed E-state index contributed by atoms with van der Waals surface area (Å²) < 4.78 is 26.3. The molecular weight excluding hydrogens is 317 g/mol. The van der Waals surface area contributed by atoms with Crippen LogP contribution in [0.1, 0.15) is 19.8 Å². The highest BCUT2D eigenvalue weighted by atomic mass is 19.1. The molecule has 3 saturated heterocycles. The number of allylic oxidation sites excluding steroid dienone is 1. The Hall–Kier alpha value is -2.33. The minimum atomic E-state index is -0.292. The summed E-state index contributed by atoms with van der Waals surface area (Å²) in [6.45, 7) is 3.49. The number of ether oxygens (including phenoxy) is 1. The predicted octanol–water partition coefficient (Wildman–Crippen LogP) is 5.26. The number of fused-ring (bicyclic) bond motifs is 6. The summed E-state index contributed by atoms with van der Waals surface area (Å²) in [5, 5.41) is 2.18. The third-order valence-electron chi connectivity index (χ3n) is 5.56. The van der Waals surface area contributed by atoms with Crippen molar-refractivity contribution >= 4 is 21.9 Å². The number of hydrogen-bond acceptors (Lipinski definition) is 3. The van der Waals surface area contributed by atoms with E-state index in [2.05, 4.69) is 11.0 Å². The van der Waals surface area contributed by atoms with Gasteiger partial charge in [-0.3, -0.25) is 4.90 Å². The van der Waals surface area contributed by atoms with Gasteiger partial charge in [-0.1, -0.05) is 18.2 Å². The van der Waals surface area contributed by atoms with Gasteiger partial charge in [-0.15, -0.1) is 0 Å². The number of nitrogens with zero attached hydrogens (tertiary/aromatic N) is 1. The molecule has 4 heteroatoms. The molecule has 1 unspecified atom stereocenters. The van der Waals surface area contributed by atoms with Crippen LogP contribution in [0, 0.1) is 5.92 Å². The van der Waals surface area contributed by atoms with Crippen molar-refractivity contribution in [3.05, 3.63) is 53.9 Å². The van der Waals surface area contributed by atoms with Crippen LogP contribution in [0.15, 0.2) is 58.3 Å². The van der Waals surface area contributed by atoms with Crippen molar-refractivity contribution in [2.75, 3.05) is 13.1 Å². The molecule has 1 atom stereocenters. The lowest BCUT2D eigenvalue weighted by atomic mass is 9.82. The minimum absolute atomic E-state index is 0.0933. The average Bonchev–Trinajstić information content (AvgIpc) is 3.00. The van der Waals surface area contributed by atoms with Gasteiger partial charge in [-0.05, 0) is 43.9 Å². The fourth-order valence-electron chi connectivity index (χ4n) is 4.34. The van der Waals surface area contributed by atoms with Gasteiger partial charge in [0.25, 0.3) is 0 Å². The van der Waals surface area contributed by atoms with Gasteiger partial charge in [0.1, 0.15) is 22.7 Å².